The Morgan fingerprint density at radius 3 is 2.61 bits per heavy atom. The molecule has 0 aliphatic rings. The Balaban J connectivity index is 1.44. The number of rotatable bonds is 7. The van der Waals surface area contributed by atoms with Gasteiger partial charge in [-0.15, -0.1) is 11.3 Å². The zero-order chi connectivity index (χ0) is 21.6. The molecule has 4 rings (SSSR count). The molecule has 2 heterocycles. The van der Waals surface area contributed by atoms with Gasteiger partial charge in [0.2, 0.25) is 5.91 Å². The number of nitrogens with zero attached hydrogens (tertiary/aromatic N) is 3. The van der Waals surface area contributed by atoms with Gasteiger partial charge in [-0.1, -0.05) is 24.3 Å². The van der Waals surface area contributed by atoms with Gasteiger partial charge >= 0.3 is 0 Å². The summed E-state index contributed by atoms with van der Waals surface area (Å²) < 4.78 is 6.56. The Hall–Kier alpha value is -3.82. The van der Waals surface area contributed by atoms with Crippen LogP contribution in [-0.2, 0) is 9.53 Å². The van der Waals surface area contributed by atoms with E-state index >= 15 is 0 Å². The number of amides is 2. The van der Waals surface area contributed by atoms with Crippen LogP contribution in [-0.4, -0.2) is 40.3 Å². The van der Waals surface area contributed by atoms with Crippen LogP contribution in [0, 0.1) is 0 Å². The molecule has 2 aromatic carbocycles. The molecular weight excluding hydrogens is 414 g/mol. The first-order chi connectivity index (χ1) is 15.1. The minimum absolute atomic E-state index is 0.0426. The van der Waals surface area contributed by atoms with Gasteiger partial charge in [0.1, 0.15) is 17.3 Å². The van der Waals surface area contributed by atoms with Crippen molar-refractivity contribution in [2.75, 3.05) is 24.4 Å². The summed E-state index contributed by atoms with van der Waals surface area (Å²) in [5.41, 5.74) is 3.19. The number of ether oxygens (including phenoxy) is 1. The van der Waals surface area contributed by atoms with Crippen LogP contribution in [0.1, 0.15) is 10.5 Å². The van der Waals surface area contributed by atoms with Crippen LogP contribution < -0.4 is 10.6 Å². The maximum absolute atomic E-state index is 12.6. The molecule has 0 aliphatic heterocycles. The van der Waals surface area contributed by atoms with Gasteiger partial charge in [-0.25, -0.2) is 9.67 Å². The second-order valence-electron chi connectivity index (χ2n) is 6.56. The highest BCUT2D eigenvalue weighted by Crippen LogP contribution is 2.25. The zero-order valence-electron chi connectivity index (χ0n) is 16.6. The molecule has 9 heteroatoms. The van der Waals surface area contributed by atoms with Crippen LogP contribution in [0.25, 0.3) is 16.3 Å². The molecule has 0 spiro atoms. The Morgan fingerprint density at radius 2 is 1.84 bits per heavy atom. The smallest absolute Gasteiger partial charge is 0.275 e. The van der Waals surface area contributed by atoms with Crippen molar-refractivity contribution in [2.45, 2.75) is 0 Å². The van der Waals surface area contributed by atoms with E-state index < -0.39 is 0 Å². The SMILES string of the molecule is COCC(=O)Nc1cccc(NC(=O)c2csc(-c3cnn(-c4ccccc4)c3)n2)c1. The Labute approximate surface area is 182 Å². The standard InChI is InChI=1S/C22H19N5O3S/c1-30-13-20(28)24-16-6-5-7-17(10-16)25-21(29)19-14-31-22(26-19)15-11-23-27(12-15)18-8-3-2-4-9-18/h2-12,14H,13H2,1H3,(H,24,28)(H,25,29). The van der Waals surface area contributed by atoms with Gasteiger partial charge in [0.15, 0.2) is 0 Å². The highest BCUT2D eigenvalue weighted by atomic mass is 32.1. The van der Waals surface area contributed by atoms with Gasteiger partial charge < -0.3 is 15.4 Å². The molecular formula is C22H19N5O3S. The van der Waals surface area contributed by atoms with Gasteiger partial charge in [0, 0.05) is 35.6 Å². The summed E-state index contributed by atoms with van der Waals surface area (Å²) in [5, 5.41) is 12.3. The van der Waals surface area contributed by atoms with E-state index in [9.17, 15) is 9.59 Å². The average Bonchev–Trinajstić information content (AvgIpc) is 3.45. The number of carbonyl (C=O) groups is 2. The number of carbonyl (C=O) groups excluding carboxylic acids is 2. The quantitative estimate of drug-likeness (QED) is 0.462. The molecule has 0 aliphatic carbocycles. The highest BCUT2D eigenvalue weighted by Gasteiger charge is 2.14. The largest absolute Gasteiger partial charge is 0.375 e. The van der Waals surface area contributed by atoms with Crippen molar-refractivity contribution in [3.05, 3.63) is 78.1 Å². The number of hydrogen-bond donors (Lipinski definition) is 2. The van der Waals surface area contributed by atoms with Crippen molar-refractivity contribution in [1.29, 1.82) is 0 Å². The zero-order valence-corrected chi connectivity index (χ0v) is 17.4. The van der Waals surface area contributed by atoms with Crippen molar-refractivity contribution < 1.29 is 14.3 Å². The summed E-state index contributed by atoms with van der Waals surface area (Å²) in [6.45, 7) is -0.0426. The van der Waals surface area contributed by atoms with Crippen LogP contribution in [0.3, 0.4) is 0 Å². The summed E-state index contributed by atoms with van der Waals surface area (Å²) in [5.74, 6) is -0.607. The van der Waals surface area contributed by atoms with Gasteiger partial charge in [0.25, 0.3) is 5.91 Å². The molecule has 0 fully saturated rings. The minimum Gasteiger partial charge on any atom is -0.375 e. The van der Waals surface area contributed by atoms with Crippen LogP contribution in [0.2, 0.25) is 0 Å². The fourth-order valence-corrected chi connectivity index (χ4v) is 3.64. The van der Waals surface area contributed by atoms with E-state index in [0.29, 0.717) is 22.1 Å². The number of thiazole rings is 1. The van der Waals surface area contributed by atoms with Crippen molar-refractivity contribution in [3.8, 4) is 16.3 Å². The second kappa shape index (κ2) is 9.33. The third-order valence-electron chi connectivity index (χ3n) is 4.27. The van der Waals surface area contributed by atoms with Crippen LogP contribution >= 0.6 is 11.3 Å². The van der Waals surface area contributed by atoms with Gasteiger partial charge in [0.05, 0.1) is 11.9 Å². The molecule has 31 heavy (non-hydrogen) atoms. The summed E-state index contributed by atoms with van der Waals surface area (Å²) in [6.07, 6.45) is 3.60. The van der Waals surface area contributed by atoms with E-state index in [4.69, 9.17) is 4.74 Å². The molecule has 156 valence electrons. The predicted octanol–water partition coefficient (Wildman–Crippen LogP) is 3.83. The summed E-state index contributed by atoms with van der Waals surface area (Å²) >= 11 is 1.37. The minimum atomic E-state index is -0.335. The normalized spacial score (nSPS) is 10.6. The number of anilines is 2. The maximum atomic E-state index is 12.6. The third-order valence-corrected chi connectivity index (χ3v) is 5.16. The van der Waals surface area contributed by atoms with E-state index in [1.165, 1.54) is 18.4 Å². The first kappa shape index (κ1) is 20.5. The molecule has 0 saturated heterocycles. The van der Waals surface area contributed by atoms with E-state index in [2.05, 4.69) is 20.7 Å². The molecule has 2 amide bonds. The van der Waals surface area contributed by atoms with Crippen molar-refractivity contribution in [3.63, 3.8) is 0 Å². The van der Waals surface area contributed by atoms with Crippen LogP contribution in [0.4, 0.5) is 11.4 Å². The number of nitrogens with one attached hydrogen (secondary N) is 2. The van der Waals surface area contributed by atoms with Gasteiger partial charge in [-0.2, -0.15) is 5.10 Å². The predicted molar refractivity (Wildman–Crippen MR) is 120 cm³/mol. The summed E-state index contributed by atoms with van der Waals surface area (Å²) in [4.78, 5) is 28.7. The fraction of sp³-hybridized carbons (Fsp3) is 0.0909. The Kier molecular flexibility index (Phi) is 6.16. The average molecular weight is 433 g/mol. The highest BCUT2D eigenvalue weighted by molar-refractivity contribution is 7.13. The number of para-hydroxylation sites is 1. The summed E-state index contributed by atoms with van der Waals surface area (Å²) in [7, 11) is 1.45. The third kappa shape index (κ3) is 5.03. The Bertz CT molecular complexity index is 1200. The summed E-state index contributed by atoms with van der Waals surface area (Å²) in [6, 6.07) is 16.6. The lowest BCUT2D eigenvalue weighted by Gasteiger charge is -2.07. The molecule has 2 aromatic heterocycles. The molecule has 0 atom stereocenters. The topological polar surface area (TPSA) is 98.1 Å². The number of hydrogen-bond acceptors (Lipinski definition) is 6. The van der Waals surface area contributed by atoms with Crippen molar-refractivity contribution in [1.82, 2.24) is 14.8 Å². The first-order valence-corrected chi connectivity index (χ1v) is 10.3. The number of benzene rings is 2. The lowest BCUT2D eigenvalue weighted by atomic mass is 10.2. The number of methoxy groups -OCH3 is 1. The molecule has 4 aromatic rings. The maximum Gasteiger partial charge on any atom is 0.275 e. The lowest BCUT2D eigenvalue weighted by Crippen LogP contribution is -2.17. The first-order valence-electron chi connectivity index (χ1n) is 9.38. The molecule has 0 bridgehead atoms. The van der Waals surface area contributed by atoms with Gasteiger partial charge in [-0.3, -0.25) is 9.59 Å². The number of aromatic nitrogens is 3. The van der Waals surface area contributed by atoms with Gasteiger partial charge in [-0.05, 0) is 30.3 Å². The van der Waals surface area contributed by atoms with E-state index in [0.717, 1.165) is 11.3 Å². The monoisotopic (exact) mass is 433 g/mol. The molecule has 2 N–H and O–H groups in total. The van der Waals surface area contributed by atoms with E-state index in [1.54, 1.807) is 40.5 Å². The van der Waals surface area contributed by atoms with Crippen molar-refractivity contribution >= 4 is 34.5 Å². The fourth-order valence-electron chi connectivity index (χ4n) is 2.86. The van der Waals surface area contributed by atoms with E-state index in [1.807, 2.05) is 36.5 Å². The molecule has 0 unspecified atom stereocenters. The Morgan fingerprint density at radius 1 is 1.06 bits per heavy atom. The van der Waals surface area contributed by atoms with Crippen molar-refractivity contribution in [2.24, 2.45) is 0 Å². The lowest BCUT2D eigenvalue weighted by molar-refractivity contribution is -0.119. The van der Waals surface area contributed by atoms with Crippen LogP contribution in [0.15, 0.2) is 72.4 Å². The molecule has 0 saturated carbocycles. The van der Waals surface area contributed by atoms with Crippen LogP contribution in [0.5, 0.6) is 0 Å². The molecule has 8 nitrogen and oxygen atoms in total. The molecule has 0 radical (unpaired) electrons. The second-order valence-corrected chi connectivity index (χ2v) is 7.42. The van der Waals surface area contributed by atoms with E-state index in [-0.39, 0.29) is 18.4 Å².